The van der Waals surface area contributed by atoms with Crippen LogP contribution in [0.1, 0.15) is 10.4 Å². The second-order valence-electron chi connectivity index (χ2n) is 4.09. The van der Waals surface area contributed by atoms with Gasteiger partial charge in [-0.25, -0.2) is 13.9 Å². The third kappa shape index (κ3) is 1.85. The van der Waals surface area contributed by atoms with Crippen molar-refractivity contribution in [3.8, 4) is 5.69 Å². The summed E-state index contributed by atoms with van der Waals surface area (Å²) in [6, 6.07) is 11.2. The molecule has 4 nitrogen and oxygen atoms in total. The van der Waals surface area contributed by atoms with Gasteiger partial charge in [-0.1, -0.05) is 18.2 Å². The van der Waals surface area contributed by atoms with Crippen LogP contribution in [0.25, 0.3) is 16.6 Å². The van der Waals surface area contributed by atoms with Crippen LogP contribution in [-0.4, -0.2) is 20.9 Å². The average molecular weight is 256 g/mol. The molecule has 3 rings (SSSR count). The monoisotopic (exact) mass is 256 g/mol. The molecule has 1 aromatic heterocycles. The molecule has 94 valence electrons. The first kappa shape index (κ1) is 11.4. The average Bonchev–Trinajstić information content (AvgIpc) is 2.82. The topological polar surface area (TPSA) is 55.1 Å². The smallest absolute Gasteiger partial charge is 0.335 e. The summed E-state index contributed by atoms with van der Waals surface area (Å²) in [4.78, 5) is 10.8. The number of aromatic carboxylic acids is 1. The normalized spacial score (nSPS) is 10.8. The lowest BCUT2D eigenvalue weighted by molar-refractivity contribution is 0.0696. The predicted octanol–water partition coefficient (Wildman–Crippen LogP) is 2.86. The van der Waals surface area contributed by atoms with Crippen molar-refractivity contribution in [2.45, 2.75) is 0 Å². The van der Waals surface area contributed by atoms with Crippen molar-refractivity contribution in [3.63, 3.8) is 0 Å². The molecule has 5 heteroatoms. The minimum atomic E-state index is -1.16. The number of carbonyl (C=O) groups is 1. The lowest BCUT2D eigenvalue weighted by Gasteiger charge is -2.05. The molecule has 0 aliphatic carbocycles. The Morgan fingerprint density at radius 2 is 2.00 bits per heavy atom. The molecular weight excluding hydrogens is 247 g/mol. The number of hydrogen-bond acceptors (Lipinski definition) is 2. The highest BCUT2D eigenvalue weighted by molar-refractivity contribution is 5.88. The molecule has 0 aliphatic heterocycles. The van der Waals surface area contributed by atoms with Crippen molar-refractivity contribution in [1.82, 2.24) is 9.78 Å². The highest BCUT2D eigenvalue weighted by Gasteiger charge is 2.12. The van der Waals surface area contributed by atoms with Gasteiger partial charge in [-0.15, -0.1) is 0 Å². The minimum absolute atomic E-state index is 0.0855. The van der Waals surface area contributed by atoms with Crippen molar-refractivity contribution in [2.75, 3.05) is 0 Å². The van der Waals surface area contributed by atoms with Crippen LogP contribution >= 0.6 is 0 Å². The number of para-hydroxylation sites is 1. The summed E-state index contributed by atoms with van der Waals surface area (Å²) in [6.07, 6.45) is 1.64. The van der Waals surface area contributed by atoms with E-state index in [4.69, 9.17) is 5.11 Å². The van der Waals surface area contributed by atoms with E-state index in [0.29, 0.717) is 0 Å². The zero-order valence-electron chi connectivity index (χ0n) is 9.75. The molecule has 2 aromatic carbocycles. The van der Waals surface area contributed by atoms with Crippen LogP contribution in [0, 0.1) is 5.82 Å². The lowest BCUT2D eigenvalue weighted by Crippen LogP contribution is -2.03. The quantitative estimate of drug-likeness (QED) is 0.767. The van der Waals surface area contributed by atoms with Gasteiger partial charge >= 0.3 is 5.97 Å². The van der Waals surface area contributed by atoms with E-state index in [1.165, 1.54) is 16.8 Å². The number of fused-ring (bicyclic) bond motifs is 1. The molecule has 19 heavy (non-hydrogen) atoms. The van der Waals surface area contributed by atoms with Crippen LogP contribution < -0.4 is 0 Å². The molecule has 1 N–H and O–H groups in total. The Morgan fingerprint density at radius 1 is 1.21 bits per heavy atom. The van der Waals surface area contributed by atoms with E-state index >= 15 is 0 Å². The van der Waals surface area contributed by atoms with Crippen LogP contribution in [0.4, 0.5) is 4.39 Å². The second-order valence-corrected chi connectivity index (χ2v) is 4.09. The van der Waals surface area contributed by atoms with Crippen molar-refractivity contribution < 1.29 is 14.3 Å². The Bertz CT molecular complexity index is 780. The first-order valence-corrected chi connectivity index (χ1v) is 5.63. The number of halogens is 1. The maximum Gasteiger partial charge on any atom is 0.335 e. The largest absolute Gasteiger partial charge is 0.478 e. The number of carboxylic acids is 1. The van der Waals surface area contributed by atoms with Crippen LogP contribution in [0.5, 0.6) is 0 Å². The molecule has 0 aliphatic rings. The van der Waals surface area contributed by atoms with E-state index in [2.05, 4.69) is 5.10 Å². The van der Waals surface area contributed by atoms with Gasteiger partial charge in [0.15, 0.2) is 0 Å². The molecule has 0 atom stereocenters. The highest BCUT2D eigenvalue weighted by atomic mass is 19.1. The number of rotatable bonds is 2. The van der Waals surface area contributed by atoms with Gasteiger partial charge in [0.25, 0.3) is 0 Å². The van der Waals surface area contributed by atoms with E-state index in [1.807, 2.05) is 24.3 Å². The van der Waals surface area contributed by atoms with E-state index in [-0.39, 0.29) is 11.3 Å². The van der Waals surface area contributed by atoms with Crippen LogP contribution in [-0.2, 0) is 0 Å². The Balaban J connectivity index is 2.19. The van der Waals surface area contributed by atoms with Crippen LogP contribution in [0.15, 0.2) is 48.7 Å². The van der Waals surface area contributed by atoms with Gasteiger partial charge in [-0.05, 0) is 24.3 Å². The number of benzene rings is 2. The number of hydrogen-bond donors (Lipinski definition) is 1. The van der Waals surface area contributed by atoms with Crippen LogP contribution in [0.3, 0.4) is 0 Å². The first-order valence-electron chi connectivity index (χ1n) is 5.63. The van der Waals surface area contributed by atoms with Gasteiger partial charge in [0.2, 0.25) is 0 Å². The highest BCUT2D eigenvalue weighted by Crippen LogP contribution is 2.20. The number of carboxylic acid groups (broad SMARTS) is 1. The minimum Gasteiger partial charge on any atom is -0.478 e. The molecule has 3 aromatic rings. The Kier molecular flexibility index (Phi) is 2.52. The first-order chi connectivity index (χ1) is 9.16. The Hall–Kier alpha value is -2.69. The number of nitrogens with zero attached hydrogens (tertiary/aromatic N) is 2. The Morgan fingerprint density at radius 3 is 2.74 bits per heavy atom. The summed E-state index contributed by atoms with van der Waals surface area (Å²) in [5, 5.41) is 13.8. The standard InChI is InChI=1S/C14H9FN2O2/c15-11-7-9(14(18)19)5-6-13(11)17-12-4-2-1-3-10(12)8-16-17/h1-8H,(H,18,19). The molecular formula is C14H9FN2O2. The molecule has 0 radical (unpaired) electrons. The molecule has 0 spiro atoms. The molecule has 0 unspecified atom stereocenters. The Labute approximate surface area is 107 Å². The zero-order chi connectivity index (χ0) is 13.4. The SMILES string of the molecule is O=C(O)c1ccc(-n2ncc3ccccc32)c(F)c1. The van der Waals surface area contributed by atoms with Crippen molar-refractivity contribution in [1.29, 1.82) is 0 Å². The molecule has 0 saturated heterocycles. The van der Waals surface area contributed by atoms with Gasteiger partial charge in [-0.2, -0.15) is 5.10 Å². The predicted molar refractivity (Wildman–Crippen MR) is 68.0 cm³/mol. The lowest BCUT2D eigenvalue weighted by atomic mass is 10.2. The van der Waals surface area contributed by atoms with Gasteiger partial charge < -0.3 is 5.11 Å². The van der Waals surface area contributed by atoms with Gasteiger partial charge in [-0.3, -0.25) is 0 Å². The van der Waals surface area contributed by atoms with E-state index in [1.54, 1.807) is 6.20 Å². The summed E-state index contributed by atoms with van der Waals surface area (Å²) in [5.41, 5.74) is 0.911. The maximum absolute atomic E-state index is 14.0. The molecule has 1 heterocycles. The van der Waals surface area contributed by atoms with Crippen molar-refractivity contribution in [3.05, 3.63) is 60.0 Å². The summed E-state index contributed by atoms with van der Waals surface area (Å²) < 4.78 is 15.4. The molecule has 0 amide bonds. The molecule has 0 bridgehead atoms. The molecule has 0 saturated carbocycles. The summed E-state index contributed by atoms with van der Waals surface area (Å²) in [6.45, 7) is 0. The summed E-state index contributed by atoms with van der Waals surface area (Å²) in [7, 11) is 0. The second kappa shape index (κ2) is 4.20. The fourth-order valence-electron chi connectivity index (χ4n) is 1.98. The van der Waals surface area contributed by atoms with Crippen molar-refractivity contribution in [2.24, 2.45) is 0 Å². The number of aromatic nitrogens is 2. The van der Waals surface area contributed by atoms with Crippen LogP contribution in [0.2, 0.25) is 0 Å². The maximum atomic E-state index is 14.0. The van der Waals surface area contributed by atoms with Gasteiger partial charge in [0.05, 0.1) is 17.3 Å². The van der Waals surface area contributed by atoms with E-state index in [9.17, 15) is 9.18 Å². The van der Waals surface area contributed by atoms with Gasteiger partial charge in [0, 0.05) is 5.39 Å². The third-order valence-electron chi connectivity index (χ3n) is 2.90. The molecule has 0 fully saturated rings. The fourth-order valence-corrected chi connectivity index (χ4v) is 1.98. The van der Waals surface area contributed by atoms with Gasteiger partial charge in [0.1, 0.15) is 11.5 Å². The fraction of sp³-hybridized carbons (Fsp3) is 0. The summed E-state index contributed by atoms with van der Waals surface area (Å²) >= 11 is 0. The van der Waals surface area contributed by atoms with E-state index < -0.39 is 11.8 Å². The zero-order valence-corrected chi connectivity index (χ0v) is 9.75. The third-order valence-corrected chi connectivity index (χ3v) is 2.90. The van der Waals surface area contributed by atoms with Crippen molar-refractivity contribution >= 4 is 16.9 Å². The van der Waals surface area contributed by atoms with E-state index in [0.717, 1.165) is 17.0 Å². The summed E-state index contributed by atoms with van der Waals surface area (Å²) in [5.74, 6) is -1.77.